The maximum absolute atomic E-state index is 12.7. The first kappa shape index (κ1) is 19.8. The zero-order chi connectivity index (χ0) is 21.4. The molecule has 1 aromatic heterocycles. The number of amides is 1. The van der Waals surface area contributed by atoms with E-state index in [1.165, 1.54) is 10.9 Å². The zero-order valence-electron chi connectivity index (χ0n) is 17.9. The third kappa shape index (κ3) is 3.81. The van der Waals surface area contributed by atoms with Crippen molar-refractivity contribution >= 4 is 16.8 Å². The van der Waals surface area contributed by atoms with Crippen molar-refractivity contribution in [3.05, 3.63) is 53.2 Å². The number of aromatic nitrogens is 1. The number of carbonyl (C=O) groups is 1. The van der Waals surface area contributed by atoms with Gasteiger partial charge in [-0.3, -0.25) is 4.79 Å². The Morgan fingerprint density at radius 3 is 2.84 bits per heavy atom. The molecule has 7 heteroatoms. The summed E-state index contributed by atoms with van der Waals surface area (Å²) in [5.41, 5.74) is 4.19. The lowest BCUT2D eigenvalue weighted by Crippen LogP contribution is -2.29. The Labute approximate surface area is 181 Å². The van der Waals surface area contributed by atoms with E-state index >= 15 is 0 Å². The van der Waals surface area contributed by atoms with Crippen LogP contribution in [-0.2, 0) is 13.0 Å². The van der Waals surface area contributed by atoms with Gasteiger partial charge in [-0.25, -0.2) is 0 Å². The van der Waals surface area contributed by atoms with Crippen molar-refractivity contribution in [3.63, 3.8) is 0 Å². The monoisotopic (exact) mass is 421 g/mol. The molecule has 7 nitrogen and oxygen atoms in total. The zero-order valence-corrected chi connectivity index (χ0v) is 17.9. The fourth-order valence-corrected chi connectivity index (χ4v) is 4.39. The lowest BCUT2D eigenvalue weighted by Gasteiger charge is -2.20. The molecule has 31 heavy (non-hydrogen) atoms. The van der Waals surface area contributed by atoms with Gasteiger partial charge in [0.15, 0.2) is 11.5 Å². The van der Waals surface area contributed by atoms with Gasteiger partial charge >= 0.3 is 0 Å². The predicted octanol–water partition coefficient (Wildman–Crippen LogP) is 3.43. The van der Waals surface area contributed by atoms with E-state index in [1.807, 2.05) is 23.1 Å². The van der Waals surface area contributed by atoms with Gasteiger partial charge in [0.05, 0.1) is 7.11 Å². The molecule has 0 unspecified atom stereocenters. The molecule has 0 saturated heterocycles. The van der Waals surface area contributed by atoms with E-state index in [9.17, 15) is 4.79 Å². The van der Waals surface area contributed by atoms with E-state index in [0.717, 1.165) is 60.6 Å². The number of carbonyl (C=O) groups excluding carboxylic acids is 1. The maximum Gasteiger partial charge on any atom is 0.254 e. The van der Waals surface area contributed by atoms with E-state index < -0.39 is 0 Å². The number of benzene rings is 2. The van der Waals surface area contributed by atoms with Crippen molar-refractivity contribution in [2.75, 3.05) is 40.6 Å². The predicted molar refractivity (Wildman–Crippen MR) is 118 cm³/mol. The smallest absolute Gasteiger partial charge is 0.254 e. The van der Waals surface area contributed by atoms with Crippen LogP contribution in [0.1, 0.15) is 27.9 Å². The topological polar surface area (TPSA) is 67.0 Å². The molecular formula is C24H27N3O4. The molecule has 1 N–H and O–H groups in total. The number of fused-ring (bicyclic) bond motifs is 3. The summed E-state index contributed by atoms with van der Waals surface area (Å²) in [4.78, 5) is 20.3. The highest BCUT2D eigenvalue weighted by Gasteiger charge is 2.30. The van der Waals surface area contributed by atoms with Gasteiger partial charge in [0.1, 0.15) is 5.75 Å². The minimum Gasteiger partial charge on any atom is -0.497 e. The average molecular weight is 421 g/mol. The van der Waals surface area contributed by atoms with Crippen molar-refractivity contribution in [2.24, 2.45) is 0 Å². The molecule has 0 saturated carbocycles. The van der Waals surface area contributed by atoms with E-state index in [1.54, 1.807) is 7.11 Å². The van der Waals surface area contributed by atoms with Crippen LogP contribution in [0.4, 0.5) is 0 Å². The number of H-pyrrole nitrogens is 1. The van der Waals surface area contributed by atoms with Crippen LogP contribution in [0.5, 0.6) is 17.2 Å². The summed E-state index contributed by atoms with van der Waals surface area (Å²) in [5.74, 6) is 2.37. The summed E-state index contributed by atoms with van der Waals surface area (Å²) >= 11 is 0. The first-order valence-corrected chi connectivity index (χ1v) is 10.7. The molecule has 0 aliphatic carbocycles. The summed E-state index contributed by atoms with van der Waals surface area (Å²) in [5, 5.41) is 1.22. The average Bonchev–Trinajstić information content (AvgIpc) is 3.48. The molecule has 5 rings (SSSR count). The normalized spacial score (nSPS) is 14.7. The Hall–Kier alpha value is -3.19. The van der Waals surface area contributed by atoms with Gasteiger partial charge in [0.25, 0.3) is 5.91 Å². The van der Waals surface area contributed by atoms with Gasteiger partial charge < -0.3 is 29.0 Å². The van der Waals surface area contributed by atoms with Crippen molar-refractivity contribution in [3.8, 4) is 17.2 Å². The first-order chi connectivity index (χ1) is 15.1. The maximum atomic E-state index is 12.7. The van der Waals surface area contributed by atoms with Crippen LogP contribution in [0.15, 0.2) is 36.5 Å². The Morgan fingerprint density at radius 1 is 1.16 bits per heavy atom. The lowest BCUT2D eigenvalue weighted by atomic mass is 10.1. The van der Waals surface area contributed by atoms with Gasteiger partial charge in [-0.2, -0.15) is 0 Å². The van der Waals surface area contributed by atoms with E-state index in [2.05, 4.69) is 35.3 Å². The standard InChI is InChI=1S/C24H27N3O4/c1-26(9-6-16-13-25-21-5-4-18(29-2)11-19(16)21)7-3-8-27-14-17-10-22-23(31-15-30-22)12-20(17)24(27)28/h4-5,10-13,25H,3,6-9,14-15H2,1-2H3. The SMILES string of the molecule is COc1ccc2[nH]cc(CCN(C)CCCN3Cc4cc5c(cc4C3=O)OCO5)c2c1. The summed E-state index contributed by atoms with van der Waals surface area (Å²) in [6, 6.07) is 9.88. The molecule has 0 bridgehead atoms. The summed E-state index contributed by atoms with van der Waals surface area (Å²) < 4.78 is 16.2. The van der Waals surface area contributed by atoms with Crippen molar-refractivity contribution in [1.29, 1.82) is 0 Å². The minimum atomic E-state index is 0.0868. The van der Waals surface area contributed by atoms with Crippen LogP contribution < -0.4 is 14.2 Å². The van der Waals surface area contributed by atoms with E-state index in [-0.39, 0.29) is 12.7 Å². The number of nitrogens with zero attached hydrogens (tertiary/aromatic N) is 2. The molecule has 3 aromatic rings. The number of aromatic amines is 1. The molecule has 2 aliphatic rings. The number of hydrogen-bond acceptors (Lipinski definition) is 5. The second-order valence-corrected chi connectivity index (χ2v) is 8.22. The highest BCUT2D eigenvalue weighted by Crippen LogP contribution is 2.38. The molecule has 0 atom stereocenters. The number of ether oxygens (including phenoxy) is 3. The minimum absolute atomic E-state index is 0.0868. The molecule has 2 aliphatic heterocycles. The number of likely N-dealkylation sites (N-methyl/N-ethyl adjacent to an activating group) is 1. The van der Waals surface area contributed by atoms with Crippen LogP contribution in [0, 0.1) is 0 Å². The van der Waals surface area contributed by atoms with Crippen molar-refractivity contribution in [2.45, 2.75) is 19.4 Å². The molecule has 0 spiro atoms. The number of rotatable bonds is 8. The Bertz CT molecular complexity index is 1120. The summed E-state index contributed by atoms with van der Waals surface area (Å²) in [6.45, 7) is 3.52. The first-order valence-electron chi connectivity index (χ1n) is 10.7. The van der Waals surface area contributed by atoms with Gasteiger partial charge in [0.2, 0.25) is 6.79 Å². The second kappa shape index (κ2) is 8.15. The van der Waals surface area contributed by atoms with Gasteiger partial charge in [-0.15, -0.1) is 0 Å². The second-order valence-electron chi connectivity index (χ2n) is 8.22. The Morgan fingerprint density at radius 2 is 2.00 bits per heavy atom. The fraction of sp³-hybridized carbons (Fsp3) is 0.375. The third-order valence-corrected chi connectivity index (χ3v) is 6.18. The highest BCUT2D eigenvalue weighted by atomic mass is 16.7. The van der Waals surface area contributed by atoms with Crippen molar-refractivity contribution < 1.29 is 19.0 Å². The van der Waals surface area contributed by atoms with E-state index in [0.29, 0.717) is 12.3 Å². The van der Waals surface area contributed by atoms with Gasteiger partial charge in [0, 0.05) is 42.3 Å². The number of hydrogen-bond donors (Lipinski definition) is 1. The Balaban J connectivity index is 1.12. The molecule has 0 fully saturated rings. The molecule has 0 radical (unpaired) electrons. The number of nitrogens with one attached hydrogen (secondary N) is 1. The van der Waals surface area contributed by atoms with Gasteiger partial charge in [-0.1, -0.05) is 0 Å². The van der Waals surface area contributed by atoms with Crippen LogP contribution in [0.2, 0.25) is 0 Å². The van der Waals surface area contributed by atoms with Crippen LogP contribution in [0.25, 0.3) is 10.9 Å². The molecule has 3 heterocycles. The fourth-order valence-electron chi connectivity index (χ4n) is 4.39. The van der Waals surface area contributed by atoms with Crippen LogP contribution in [0.3, 0.4) is 0 Å². The lowest BCUT2D eigenvalue weighted by molar-refractivity contribution is 0.0771. The van der Waals surface area contributed by atoms with Gasteiger partial charge in [-0.05, 0) is 67.9 Å². The highest BCUT2D eigenvalue weighted by molar-refractivity contribution is 5.99. The molecular weight excluding hydrogens is 394 g/mol. The summed E-state index contributed by atoms with van der Waals surface area (Å²) in [6.07, 6.45) is 3.98. The molecule has 2 aromatic carbocycles. The van der Waals surface area contributed by atoms with E-state index in [4.69, 9.17) is 14.2 Å². The number of methoxy groups -OCH3 is 1. The largest absolute Gasteiger partial charge is 0.497 e. The quantitative estimate of drug-likeness (QED) is 0.604. The third-order valence-electron chi connectivity index (χ3n) is 6.18. The van der Waals surface area contributed by atoms with Crippen LogP contribution in [-0.4, -0.2) is 61.3 Å². The van der Waals surface area contributed by atoms with Crippen LogP contribution >= 0.6 is 0 Å². The Kier molecular flexibility index (Phi) is 5.19. The molecule has 1 amide bonds. The summed E-state index contributed by atoms with van der Waals surface area (Å²) in [7, 11) is 3.83. The van der Waals surface area contributed by atoms with Crippen molar-refractivity contribution in [1.82, 2.24) is 14.8 Å². The molecule has 162 valence electrons.